The minimum atomic E-state index is -0.932. The average molecular weight is 350 g/mol. The molecule has 0 fully saturated rings. The first-order valence-corrected chi connectivity index (χ1v) is 8.75. The Morgan fingerprint density at radius 3 is 2.20 bits per heavy atom. The molecule has 140 valence electrons. The Kier molecular flexibility index (Phi) is 8.58. The lowest BCUT2D eigenvalue weighted by molar-refractivity contribution is -0.134. The fourth-order valence-electron chi connectivity index (χ4n) is 2.42. The zero-order chi connectivity index (χ0) is 19.0. The molecule has 6 heteroatoms. The van der Waals surface area contributed by atoms with Gasteiger partial charge < -0.3 is 20.9 Å². The van der Waals surface area contributed by atoms with Gasteiger partial charge in [-0.05, 0) is 29.4 Å². The third-order valence-corrected chi connectivity index (χ3v) is 3.93. The molecular weight excluding hydrogens is 320 g/mol. The molecule has 0 aromatic heterocycles. The topological polar surface area (TPSA) is 102 Å². The van der Waals surface area contributed by atoms with Crippen LogP contribution in [0.1, 0.15) is 63.5 Å². The van der Waals surface area contributed by atoms with E-state index in [0.29, 0.717) is 18.7 Å². The van der Waals surface area contributed by atoms with Crippen molar-refractivity contribution in [3.05, 3.63) is 29.3 Å². The normalized spacial score (nSPS) is 12.3. The largest absolute Gasteiger partial charge is 0.426 e. The van der Waals surface area contributed by atoms with E-state index in [-0.39, 0.29) is 24.2 Å². The van der Waals surface area contributed by atoms with Gasteiger partial charge in [-0.1, -0.05) is 45.9 Å². The first kappa shape index (κ1) is 21.1. The second-order valence-corrected chi connectivity index (χ2v) is 6.73. The molecule has 0 saturated heterocycles. The first-order chi connectivity index (χ1) is 11.8. The summed E-state index contributed by atoms with van der Waals surface area (Å²) in [5.41, 5.74) is 7.43. The highest BCUT2D eigenvalue weighted by Gasteiger charge is 2.18. The summed E-state index contributed by atoms with van der Waals surface area (Å²) in [6.07, 6.45) is 0.641. The highest BCUT2D eigenvalue weighted by molar-refractivity contribution is 5.81. The molecule has 0 aliphatic carbocycles. The maximum atomic E-state index is 12.2. The standard InChI is InChI=1S/C19H30N2O4/c1-12(2)14-7-5-8-15(13(3)4)18(14)25-17(23)9-6-10-21-19(24)16(20)11-22/h5,7-8,12-13,16,22H,6,9-11,20H2,1-4H3,(H,21,24)/t16-/m0/s1. The van der Waals surface area contributed by atoms with Crippen molar-refractivity contribution in [1.29, 1.82) is 0 Å². The highest BCUT2D eigenvalue weighted by Crippen LogP contribution is 2.34. The summed E-state index contributed by atoms with van der Waals surface area (Å²) in [6.45, 7) is 8.17. The number of carbonyl (C=O) groups excluding carboxylic acids is 2. The molecule has 1 rings (SSSR count). The predicted molar refractivity (Wildman–Crippen MR) is 97.6 cm³/mol. The zero-order valence-electron chi connectivity index (χ0n) is 15.5. The Hall–Kier alpha value is -1.92. The highest BCUT2D eigenvalue weighted by atomic mass is 16.5. The summed E-state index contributed by atoms with van der Waals surface area (Å²) in [5, 5.41) is 11.4. The van der Waals surface area contributed by atoms with Gasteiger partial charge in [0.2, 0.25) is 5.91 Å². The van der Waals surface area contributed by atoms with E-state index in [1.165, 1.54) is 0 Å². The predicted octanol–water partition coefficient (Wildman–Crippen LogP) is 2.05. The number of esters is 1. The van der Waals surface area contributed by atoms with E-state index >= 15 is 0 Å². The van der Waals surface area contributed by atoms with Crippen LogP contribution in [0, 0.1) is 0 Å². The molecule has 0 aliphatic rings. The van der Waals surface area contributed by atoms with E-state index < -0.39 is 18.6 Å². The van der Waals surface area contributed by atoms with Crippen molar-refractivity contribution in [2.45, 2.75) is 58.4 Å². The van der Waals surface area contributed by atoms with Gasteiger partial charge in [-0.25, -0.2) is 0 Å². The molecule has 1 aromatic rings. The maximum absolute atomic E-state index is 12.2. The number of carbonyl (C=O) groups is 2. The van der Waals surface area contributed by atoms with Crippen LogP contribution in [0.25, 0.3) is 0 Å². The Bertz CT molecular complexity index is 559. The zero-order valence-corrected chi connectivity index (χ0v) is 15.5. The molecule has 6 nitrogen and oxygen atoms in total. The van der Waals surface area contributed by atoms with Crippen LogP contribution in [0.3, 0.4) is 0 Å². The van der Waals surface area contributed by atoms with Gasteiger partial charge >= 0.3 is 5.97 Å². The number of nitrogens with two attached hydrogens (primary N) is 1. The van der Waals surface area contributed by atoms with Crippen LogP contribution in [0.15, 0.2) is 18.2 Å². The number of rotatable bonds is 9. The van der Waals surface area contributed by atoms with Crippen molar-refractivity contribution in [3.63, 3.8) is 0 Å². The van der Waals surface area contributed by atoms with Crippen LogP contribution < -0.4 is 15.8 Å². The Labute approximate surface area is 149 Å². The molecule has 0 heterocycles. The third-order valence-electron chi connectivity index (χ3n) is 3.93. The molecule has 4 N–H and O–H groups in total. The molecule has 1 amide bonds. The quantitative estimate of drug-likeness (QED) is 0.359. The van der Waals surface area contributed by atoms with Crippen molar-refractivity contribution in [3.8, 4) is 5.75 Å². The summed E-state index contributed by atoms with van der Waals surface area (Å²) in [6, 6.07) is 5.02. The number of aliphatic hydroxyl groups is 1. The van der Waals surface area contributed by atoms with E-state index in [0.717, 1.165) is 11.1 Å². The number of nitrogens with one attached hydrogen (secondary N) is 1. The number of para-hydroxylation sites is 1. The third kappa shape index (κ3) is 6.48. The van der Waals surface area contributed by atoms with Gasteiger partial charge in [0.05, 0.1) is 6.61 Å². The first-order valence-electron chi connectivity index (χ1n) is 8.75. The Balaban J connectivity index is 2.64. The SMILES string of the molecule is CC(C)c1cccc(C(C)C)c1OC(=O)CCCNC(=O)[C@@H](N)CO. The van der Waals surface area contributed by atoms with Crippen molar-refractivity contribution in [1.82, 2.24) is 5.32 Å². The molecular formula is C19H30N2O4. The number of amides is 1. The van der Waals surface area contributed by atoms with Gasteiger partial charge in [-0.15, -0.1) is 0 Å². The molecule has 25 heavy (non-hydrogen) atoms. The minimum Gasteiger partial charge on any atom is -0.426 e. The summed E-state index contributed by atoms with van der Waals surface area (Å²) in [5.74, 6) is 0.407. The number of ether oxygens (including phenoxy) is 1. The Morgan fingerprint density at radius 2 is 1.72 bits per heavy atom. The van der Waals surface area contributed by atoms with Crippen LogP contribution in [-0.2, 0) is 9.59 Å². The van der Waals surface area contributed by atoms with E-state index in [1.807, 2.05) is 18.2 Å². The molecule has 1 atom stereocenters. The lowest BCUT2D eigenvalue weighted by Crippen LogP contribution is -2.43. The number of aliphatic hydroxyl groups excluding tert-OH is 1. The van der Waals surface area contributed by atoms with Gasteiger partial charge in [-0.2, -0.15) is 0 Å². The minimum absolute atomic E-state index is 0.193. The number of benzene rings is 1. The van der Waals surface area contributed by atoms with E-state index in [2.05, 4.69) is 33.0 Å². The van der Waals surface area contributed by atoms with Crippen LogP contribution >= 0.6 is 0 Å². The van der Waals surface area contributed by atoms with Gasteiger partial charge in [0.1, 0.15) is 11.8 Å². The summed E-state index contributed by atoms with van der Waals surface area (Å²) in [4.78, 5) is 23.6. The molecule has 0 bridgehead atoms. The average Bonchev–Trinajstić information content (AvgIpc) is 2.57. The molecule has 0 aliphatic heterocycles. The van der Waals surface area contributed by atoms with E-state index in [4.69, 9.17) is 15.6 Å². The molecule has 1 aromatic carbocycles. The second kappa shape index (κ2) is 10.2. The smallest absolute Gasteiger partial charge is 0.311 e. The van der Waals surface area contributed by atoms with Gasteiger partial charge in [0.15, 0.2) is 0 Å². The molecule has 0 spiro atoms. The van der Waals surface area contributed by atoms with Gasteiger partial charge in [0.25, 0.3) is 0 Å². The summed E-state index contributed by atoms with van der Waals surface area (Å²) in [7, 11) is 0. The lowest BCUT2D eigenvalue weighted by Gasteiger charge is -2.19. The molecule has 0 saturated carbocycles. The number of hydrogen-bond acceptors (Lipinski definition) is 5. The lowest BCUT2D eigenvalue weighted by atomic mass is 9.94. The molecule has 0 radical (unpaired) electrons. The fourth-order valence-corrected chi connectivity index (χ4v) is 2.42. The monoisotopic (exact) mass is 350 g/mol. The molecule has 0 unspecified atom stereocenters. The second-order valence-electron chi connectivity index (χ2n) is 6.73. The fraction of sp³-hybridized carbons (Fsp3) is 0.579. The van der Waals surface area contributed by atoms with Crippen LogP contribution in [0.2, 0.25) is 0 Å². The maximum Gasteiger partial charge on any atom is 0.311 e. The van der Waals surface area contributed by atoms with Crippen LogP contribution in [0.5, 0.6) is 5.75 Å². The van der Waals surface area contributed by atoms with E-state index in [9.17, 15) is 9.59 Å². The Morgan fingerprint density at radius 1 is 1.16 bits per heavy atom. The van der Waals surface area contributed by atoms with Gasteiger partial charge in [0, 0.05) is 13.0 Å². The summed E-state index contributed by atoms with van der Waals surface area (Å²) >= 11 is 0. The van der Waals surface area contributed by atoms with Crippen molar-refractivity contribution < 1.29 is 19.4 Å². The van der Waals surface area contributed by atoms with Crippen molar-refractivity contribution in [2.75, 3.05) is 13.2 Å². The van der Waals surface area contributed by atoms with E-state index in [1.54, 1.807) is 0 Å². The number of hydrogen-bond donors (Lipinski definition) is 3. The van der Waals surface area contributed by atoms with Crippen molar-refractivity contribution >= 4 is 11.9 Å². The summed E-state index contributed by atoms with van der Waals surface area (Å²) < 4.78 is 5.66. The van der Waals surface area contributed by atoms with Crippen molar-refractivity contribution in [2.24, 2.45) is 5.73 Å². The van der Waals surface area contributed by atoms with Crippen LogP contribution in [-0.4, -0.2) is 36.2 Å². The van der Waals surface area contributed by atoms with Crippen LogP contribution in [0.4, 0.5) is 0 Å². The van der Waals surface area contributed by atoms with Gasteiger partial charge in [-0.3, -0.25) is 9.59 Å².